The van der Waals surface area contributed by atoms with E-state index in [2.05, 4.69) is 29.8 Å². The lowest BCUT2D eigenvalue weighted by atomic mass is 10.1. The minimum Gasteiger partial charge on any atom is -0.374 e. The van der Waals surface area contributed by atoms with Crippen molar-refractivity contribution in [1.29, 1.82) is 0 Å². The number of hydrogen-bond donors (Lipinski definition) is 0. The highest BCUT2D eigenvalue weighted by molar-refractivity contribution is 6.18. The van der Waals surface area contributed by atoms with Crippen molar-refractivity contribution >= 4 is 11.6 Å². The second-order valence-electron chi connectivity index (χ2n) is 4.76. The Morgan fingerprint density at radius 1 is 1.53 bits per heavy atom. The van der Waals surface area contributed by atoms with Gasteiger partial charge in [0.2, 0.25) is 0 Å². The third-order valence-corrected chi connectivity index (χ3v) is 3.47. The summed E-state index contributed by atoms with van der Waals surface area (Å²) in [6.45, 7) is 6.84. The lowest BCUT2D eigenvalue weighted by Gasteiger charge is -2.37. The van der Waals surface area contributed by atoms with Crippen LogP contribution in [0.4, 0.5) is 0 Å². The summed E-state index contributed by atoms with van der Waals surface area (Å²) < 4.78 is 5.64. The largest absolute Gasteiger partial charge is 0.374 e. The van der Waals surface area contributed by atoms with Gasteiger partial charge in [0.1, 0.15) is 0 Å². The maximum absolute atomic E-state index is 5.86. The molecule has 3 nitrogen and oxygen atoms in total. The number of nitrogens with zero attached hydrogens (tertiary/aromatic N) is 2. The number of alkyl halides is 1. The molecule has 2 rings (SSSR count). The van der Waals surface area contributed by atoms with Gasteiger partial charge < -0.3 is 4.74 Å². The van der Waals surface area contributed by atoms with Crippen LogP contribution >= 0.6 is 11.6 Å². The highest BCUT2D eigenvalue weighted by Gasteiger charge is 2.25. The quantitative estimate of drug-likeness (QED) is 0.774. The van der Waals surface area contributed by atoms with Gasteiger partial charge in [-0.3, -0.25) is 9.88 Å². The van der Waals surface area contributed by atoms with Crippen molar-refractivity contribution < 1.29 is 4.74 Å². The van der Waals surface area contributed by atoms with Crippen molar-refractivity contribution in [2.45, 2.75) is 32.5 Å². The number of rotatable bonds is 3. The number of pyridine rings is 1. The van der Waals surface area contributed by atoms with E-state index in [4.69, 9.17) is 16.3 Å². The zero-order valence-corrected chi connectivity index (χ0v) is 11.2. The lowest BCUT2D eigenvalue weighted by molar-refractivity contribution is -0.0511. The van der Waals surface area contributed by atoms with Crippen LogP contribution in [0, 0.1) is 6.92 Å². The Kier molecular flexibility index (Phi) is 4.37. The number of aryl methyl sites for hydroxylation is 1. The number of ether oxygens (including phenoxy) is 1. The van der Waals surface area contributed by atoms with Gasteiger partial charge >= 0.3 is 0 Å². The van der Waals surface area contributed by atoms with E-state index in [1.165, 1.54) is 11.1 Å². The van der Waals surface area contributed by atoms with Gasteiger partial charge in [-0.1, -0.05) is 6.07 Å². The molecule has 0 N–H and O–H groups in total. The first-order valence-corrected chi connectivity index (χ1v) is 6.54. The molecule has 0 bridgehead atoms. The van der Waals surface area contributed by atoms with Gasteiger partial charge in [0.05, 0.1) is 12.7 Å². The highest BCUT2D eigenvalue weighted by Crippen LogP contribution is 2.16. The molecule has 1 aliphatic rings. The van der Waals surface area contributed by atoms with Crippen molar-refractivity contribution in [2.75, 3.05) is 19.0 Å². The summed E-state index contributed by atoms with van der Waals surface area (Å²) >= 11 is 5.86. The maximum Gasteiger partial charge on any atom is 0.0838 e. The van der Waals surface area contributed by atoms with Gasteiger partial charge in [-0.25, -0.2) is 0 Å². The Morgan fingerprint density at radius 2 is 2.35 bits per heavy atom. The van der Waals surface area contributed by atoms with Crippen molar-refractivity contribution in [3.05, 3.63) is 29.6 Å². The topological polar surface area (TPSA) is 25.4 Å². The summed E-state index contributed by atoms with van der Waals surface area (Å²) in [5, 5.41) is 0. The molecule has 1 aliphatic heterocycles. The molecule has 2 atom stereocenters. The van der Waals surface area contributed by atoms with Gasteiger partial charge in [-0.15, -0.1) is 11.6 Å². The van der Waals surface area contributed by atoms with Crippen molar-refractivity contribution in [3.8, 4) is 0 Å². The summed E-state index contributed by atoms with van der Waals surface area (Å²) in [4.78, 5) is 6.64. The number of halogens is 1. The van der Waals surface area contributed by atoms with E-state index in [0.29, 0.717) is 11.9 Å². The van der Waals surface area contributed by atoms with Gasteiger partial charge in [-0.2, -0.15) is 0 Å². The Hall–Kier alpha value is -0.640. The fraction of sp³-hybridized carbons (Fsp3) is 0.615. The van der Waals surface area contributed by atoms with Crippen LogP contribution in [0.15, 0.2) is 18.5 Å². The minimum absolute atomic E-state index is 0.158. The first-order valence-electron chi connectivity index (χ1n) is 6.01. The second-order valence-corrected chi connectivity index (χ2v) is 5.07. The second kappa shape index (κ2) is 5.80. The van der Waals surface area contributed by atoms with Crippen molar-refractivity contribution in [2.24, 2.45) is 0 Å². The Balaban J connectivity index is 2.01. The molecule has 0 amide bonds. The van der Waals surface area contributed by atoms with Gasteiger partial charge in [0.15, 0.2) is 0 Å². The molecule has 0 saturated carbocycles. The molecule has 94 valence electrons. The molecular weight excluding hydrogens is 236 g/mol. The number of hydrogen-bond acceptors (Lipinski definition) is 3. The van der Waals surface area contributed by atoms with E-state index in [1.54, 1.807) is 0 Å². The first-order chi connectivity index (χ1) is 8.19. The zero-order valence-electron chi connectivity index (χ0n) is 10.4. The molecule has 2 heterocycles. The molecule has 1 saturated heterocycles. The Labute approximate surface area is 108 Å². The van der Waals surface area contributed by atoms with Crippen LogP contribution in [-0.2, 0) is 11.3 Å². The molecule has 17 heavy (non-hydrogen) atoms. The fourth-order valence-corrected chi connectivity index (χ4v) is 2.31. The molecule has 0 spiro atoms. The van der Waals surface area contributed by atoms with E-state index in [9.17, 15) is 0 Å². The SMILES string of the molecule is Cc1cncc(CN2CC(CCl)OCC2C)c1. The normalized spacial score (nSPS) is 26.1. The standard InChI is InChI=1S/C13H19ClN2O/c1-10-3-12(6-15-5-10)7-16-8-13(4-14)17-9-11(16)2/h3,5-6,11,13H,4,7-9H2,1-2H3. The van der Waals surface area contributed by atoms with E-state index in [0.717, 1.165) is 19.7 Å². The summed E-state index contributed by atoms with van der Waals surface area (Å²) in [7, 11) is 0. The van der Waals surface area contributed by atoms with E-state index >= 15 is 0 Å². The van der Waals surface area contributed by atoms with Gasteiger partial charge in [-0.05, 0) is 25.0 Å². The van der Waals surface area contributed by atoms with Crippen LogP contribution < -0.4 is 0 Å². The van der Waals surface area contributed by atoms with Crippen LogP contribution in [0.3, 0.4) is 0 Å². The minimum atomic E-state index is 0.158. The summed E-state index contributed by atoms with van der Waals surface area (Å²) in [5.74, 6) is 0.565. The van der Waals surface area contributed by atoms with Crippen LogP contribution in [0.2, 0.25) is 0 Å². The predicted octanol–water partition coefficient (Wildman–Crippen LogP) is 2.22. The molecule has 1 aromatic rings. The van der Waals surface area contributed by atoms with Crippen LogP contribution in [0.25, 0.3) is 0 Å². The third kappa shape index (κ3) is 3.41. The summed E-state index contributed by atoms with van der Waals surface area (Å²) in [6, 6.07) is 2.63. The van der Waals surface area contributed by atoms with Gasteiger partial charge in [0, 0.05) is 37.4 Å². The highest BCUT2D eigenvalue weighted by atomic mass is 35.5. The maximum atomic E-state index is 5.86. The average molecular weight is 255 g/mol. The number of morpholine rings is 1. The van der Waals surface area contributed by atoms with Crippen LogP contribution in [-0.4, -0.2) is 41.1 Å². The van der Waals surface area contributed by atoms with E-state index in [1.807, 2.05) is 12.4 Å². The molecular formula is C13H19ClN2O. The molecule has 0 aliphatic carbocycles. The monoisotopic (exact) mass is 254 g/mol. The van der Waals surface area contributed by atoms with E-state index in [-0.39, 0.29) is 6.10 Å². The summed E-state index contributed by atoms with van der Waals surface area (Å²) in [5.41, 5.74) is 2.46. The fourth-order valence-electron chi connectivity index (χ4n) is 2.13. The number of aromatic nitrogens is 1. The van der Waals surface area contributed by atoms with Crippen LogP contribution in [0.1, 0.15) is 18.1 Å². The molecule has 2 unspecified atom stereocenters. The Morgan fingerprint density at radius 3 is 3.06 bits per heavy atom. The lowest BCUT2D eigenvalue weighted by Crippen LogP contribution is -2.48. The Bertz CT molecular complexity index is 372. The molecule has 1 aromatic heterocycles. The first kappa shape index (κ1) is 12.8. The average Bonchev–Trinajstić information content (AvgIpc) is 2.32. The van der Waals surface area contributed by atoms with Crippen molar-refractivity contribution in [3.63, 3.8) is 0 Å². The third-order valence-electron chi connectivity index (χ3n) is 3.12. The van der Waals surface area contributed by atoms with Crippen molar-refractivity contribution in [1.82, 2.24) is 9.88 Å². The molecule has 1 fully saturated rings. The molecule has 4 heteroatoms. The summed E-state index contributed by atoms with van der Waals surface area (Å²) in [6.07, 6.45) is 3.98. The zero-order chi connectivity index (χ0) is 12.3. The van der Waals surface area contributed by atoms with Crippen LogP contribution in [0.5, 0.6) is 0 Å². The molecule has 0 radical (unpaired) electrons. The smallest absolute Gasteiger partial charge is 0.0838 e. The molecule has 0 aromatic carbocycles. The van der Waals surface area contributed by atoms with E-state index < -0.39 is 0 Å². The predicted molar refractivity (Wildman–Crippen MR) is 69.3 cm³/mol. The van der Waals surface area contributed by atoms with Gasteiger partial charge in [0.25, 0.3) is 0 Å².